The number of benzene rings is 1. The molecule has 0 radical (unpaired) electrons. The Morgan fingerprint density at radius 3 is 2.79 bits per heavy atom. The van der Waals surface area contributed by atoms with Crippen LogP contribution >= 0.6 is 0 Å². The lowest BCUT2D eigenvalue weighted by molar-refractivity contribution is 0.101. The largest absolute Gasteiger partial charge is 0.355 e. The molecule has 1 fully saturated rings. The number of nitrogens with zero attached hydrogens (tertiary/aromatic N) is 2. The molecular weight excluding hydrogens is 326 g/mol. The Kier molecular flexibility index (Phi) is 4.64. The Morgan fingerprint density at radius 1 is 1.25 bits per heavy atom. The molecule has 1 aliphatic heterocycles. The lowest BCUT2D eigenvalue weighted by atomic mass is 10.2. The van der Waals surface area contributed by atoms with Crippen LogP contribution in [0.1, 0.15) is 23.7 Å². The third-order valence-electron chi connectivity index (χ3n) is 4.03. The standard InChI is InChI=1S/C17H19N3O3S/c1-13(21)14-5-4-6-16(11-14)24(22,23)19-15-8-10-20(12-15)17-7-2-3-9-18-17/h2-7,9,11,15,19H,8,10,12H2,1H3/t15-/m1/s1. The van der Waals surface area contributed by atoms with Gasteiger partial charge < -0.3 is 4.90 Å². The highest BCUT2D eigenvalue weighted by molar-refractivity contribution is 7.89. The van der Waals surface area contributed by atoms with Gasteiger partial charge in [-0.2, -0.15) is 0 Å². The molecule has 2 aromatic rings. The van der Waals surface area contributed by atoms with E-state index in [-0.39, 0.29) is 16.7 Å². The molecule has 6 nitrogen and oxygen atoms in total. The summed E-state index contributed by atoms with van der Waals surface area (Å²) in [5.74, 6) is 0.687. The smallest absolute Gasteiger partial charge is 0.240 e. The van der Waals surface area contributed by atoms with Gasteiger partial charge in [0.15, 0.2) is 5.78 Å². The summed E-state index contributed by atoms with van der Waals surface area (Å²) in [4.78, 5) is 17.9. The number of hydrogen-bond donors (Lipinski definition) is 1. The SMILES string of the molecule is CC(=O)c1cccc(S(=O)(=O)N[C@@H]2CCN(c3ccccn3)C2)c1. The fourth-order valence-corrected chi connectivity index (χ4v) is 4.08. The molecule has 7 heteroatoms. The predicted molar refractivity (Wildman–Crippen MR) is 91.6 cm³/mol. The first-order chi connectivity index (χ1) is 11.5. The van der Waals surface area contributed by atoms with E-state index in [0.717, 1.165) is 12.4 Å². The van der Waals surface area contributed by atoms with E-state index < -0.39 is 10.0 Å². The second-order valence-corrected chi connectivity index (χ2v) is 7.54. The number of nitrogens with one attached hydrogen (secondary N) is 1. The third kappa shape index (κ3) is 3.63. The van der Waals surface area contributed by atoms with Gasteiger partial charge in [-0.1, -0.05) is 18.2 Å². The quantitative estimate of drug-likeness (QED) is 0.837. The number of pyridine rings is 1. The first-order valence-corrected chi connectivity index (χ1v) is 9.23. The number of rotatable bonds is 5. The van der Waals surface area contributed by atoms with E-state index in [4.69, 9.17) is 0 Å². The van der Waals surface area contributed by atoms with Crippen molar-refractivity contribution in [3.63, 3.8) is 0 Å². The number of sulfonamides is 1. The van der Waals surface area contributed by atoms with Gasteiger partial charge in [0.05, 0.1) is 4.90 Å². The van der Waals surface area contributed by atoms with Crippen LogP contribution in [0.25, 0.3) is 0 Å². The molecular formula is C17H19N3O3S. The monoisotopic (exact) mass is 345 g/mol. The average molecular weight is 345 g/mol. The molecule has 0 aliphatic carbocycles. The molecule has 1 aromatic carbocycles. The van der Waals surface area contributed by atoms with E-state index in [9.17, 15) is 13.2 Å². The minimum Gasteiger partial charge on any atom is -0.355 e. The van der Waals surface area contributed by atoms with Crippen molar-refractivity contribution in [1.29, 1.82) is 0 Å². The van der Waals surface area contributed by atoms with Crippen molar-refractivity contribution in [3.05, 3.63) is 54.2 Å². The second kappa shape index (κ2) is 6.70. The molecule has 0 spiro atoms. The summed E-state index contributed by atoms with van der Waals surface area (Å²) >= 11 is 0. The Bertz CT molecular complexity index is 837. The van der Waals surface area contributed by atoms with Crippen LogP contribution < -0.4 is 9.62 Å². The molecule has 1 atom stereocenters. The van der Waals surface area contributed by atoms with Crippen molar-refractivity contribution in [2.45, 2.75) is 24.3 Å². The summed E-state index contributed by atoms with van der Waals surface area (Å²) < 4.78 is 27.8. The van der Waals surface area contributed by atoms with Crippen molar-refractivity contribution in [2.24, 2.45) is 0 Å². The Balaban J connectivity index is 1.72. The fourth-order valence-electron chi connectivity index (χ4n) is 2.78. The van der Waals surface area contributed by atoms with Crippen LogP contribution in [0.2, 0.25) is 0 Å². The van der Waals surface area contributed by atoms with E-state index in [1.165, 1.54) is 19.1 Å². The first-order valence-electron chi connectivity index (χ1n) is 7.75. The van der Waals surface area contributed by atoms with E-state index in [2.05, 4.69) is 14.6 Å². The van der Waals surface area contributed by atoms with Crippen molar-refractivity contribution in [3.8, 4) is 0 Å². The van der Waals surface area contributed by atoms with Crippen LogP contribution in [-0.2, 0) is 10.0 Å². The second-order valence-electron chi connectivity index (χ2n) is 5.82. The minimum atomic E-state index is -3.65. The molecule has 0 saturated carbocycles. The van der Waals surface area contributed by atoms with Gasteiger partial charge in [-0.05, 0) is 37.6 Å². The van der Waals surface area contributed by atoms with Gasteiger partial charge in [-0.25, -0.2) is 18.1 Å². The number of hydrogen-bond acceptors (Lipinski definition) is 5. The number of aromatic nitrogens is 1. The van der Waals surface area contributed by atoms with Crippen molar-refractivity contribution in [1.82, 2.24) is 9.71 Å². The van der Waals surface area contributed by atoms with Gasteiger partial charge in [0.25, 0.3) is 0 Å². The Morgan fingerprint density at radius 2 is 2.08 bits per heavy atom. The lowest BCUT2D eigenvalue weighted by Crippen LogP contribution is -2.37. The van der Waals surface area contributed by atoms with Gasteiger partial charge >= 0.3 is 0 Å². The molecule has 0 unspecified atom stereocenters. The number of ketones is 1. The molecule has 0 bridgehead atoms. The summed E-state index contributed by atoms with van der Waals surface area (Å²) in [6.45, 7) is 2.74. The summed E-state index contributed by atoms with van der Waals surface area (Å²) in [6, 6.07) is 11.6. The van der Waals surface area contributed by atoms with Gasteiger partial charge in [-0.15, -0.1) is 0 Å². The summed E-state index contributed by atoms with van der Waals surface area (Å²) in [5, 5.41) is 0. The van der Waals surface area contributed by atoms with Crippen LogP contribution in [0.3, 0.4) is 0 Å². The van der Waals surface area contributed by atoms with Crippen molar-refractivity contribution in [2.75, 3.05) is 18.0 Å². The first kappa shape index (κ1) is 16.6. The van der Waals surface area contributed by atoms with E-state index in [0.29, 0.717) is 18.5 Å². The maximum absolute atomic E-state index is 12.5. The Labute approximate surface area is 141 Å². The fraction of sp³-hybridized carbons (Fsp3) is 0.294. The number of Topliss-reactive ketones (excluding diaryl/α,β-unsaturated/α-hetero) is 1. The van der Waals surface area contributed by atoms with Crippen LogP contribution in [0.15, 0.2) is 53.6 Å². The molecule has 2 heterocycles. The number of carbonyl (C=O) groups excluding carboxylic acids is 1. The third-order valence-corrected chi connectivity index (χ3v) is 5.55. The number of carbonyl (C=O) groups is 1. The van der Waals surface area contributed by atoms with Crippen LogP contribution in [0.4, 0.5) is 5.82 Å². The highest BCUT2D eigenvalue weighted by atomic mass is 32.2. The topological polar surface area (TPSA) is 79.4 Å². The zero-order chi connectivity index (χ0) is 17.2. The summed E-state index contributed by atoms with van der Waals surface area (Å²) in [7, 11) is -3.65. The van der Waals surface area contributed by atoms with Gasteiger partial charge in [-0.3, -0.25) is 4.79 Å². The van der Waals surface area contributed by atoms with E-state index in [1.807, 2.05) is 18.2 Å². The van der Waals surface area contributed by atoms with Crippen LogP contribution in [-0.4, -0.2) is 38.3 Å². The van der Waals surface area contributed by atoms with E-state index in [1.54, 1.807) is 18.3 Å². The Hall–Kier alpha value is -2.25. The van der Waals surface area contributed by atoms with Gasteiger partial charge in [0.2, 0.25) is 10.0 Å². The molecule has 1 saturated heterocycles. The molecule has 1 aromatic heterocycles. The number of anilines is 1. The zero-order valence-electron chi connectivity index (χ0n) is 13.3. The normalized spacial score (nSPS) is 17.9. The minimum absolute atomic E-state index is 0.117. The predicted octanol–water partition coefficient (Wildman–Crippen LogP) is 1.84. The average Bonchev–Trinajstić information content (AvgIpc) is 3.03. The molecule has 1 N–H and O–H groups in total. The molecule has 126 valence electrons. The summed E-state index contributed by atoms with van der Waals surface area (Å²) in [6.07, 6.45) is 2.43. The zero-order valence-corrected chi connectivity index (χ0v) is 14.2. The molecule has 3 rings (SSSR count). The maximum Gasteiger partial charge on any atom is 0.240 e. The van der Waals surface area contributed by atoms with E-state index >= 15 is 0 Å². The van der Waals surface area contributed by atoms with Gasteiger partial charge in [0, 0.05) is 30.9 Å². The van der Waals surface area contributed by atoms with Crippen LogP contribution in [0.5, 0.6) is 0 Å². The van der Waals surface area contributed by atoms with Gasteiger partial charge in [0.1, 0.15) is 5.82 Å². The van der Waals surface area contributed by atoms with Crippen molar-refractivity contribution < 1.29 is 13.2 Å². The lowest BCUT2D eigenvalue weighted by Gasteiger charge is -2.18. The summed E-state index contributed by atoms with van der Waals surface area (Å²) in [5.41, 5.74) is 0.388. The highest BCUT2D eigenvalue weighted by Gasteiger charge is 2.28. The molecule has 0 amide bonds. The molecule has 1 aliphatic rings. The molecule has 24 heavy (non-hydrogen) atoms. The van der Waals surface area contributed by atoms with Crippen LogP contribution in [0, 0.1) is 0 Å². The van der Waals surface area contributed by atoms with Crippen molar-refractivity contribution >= 4 is 21.6 Å². The maximum atomic E-state index is 12.5. The highest BCUT2D eigenvalue weighted by Crippen LogP contribution is 2.19.